The summed E-state index contributed by atoms with van der Waals surface area (Å²) in [6.07, 6.45) is 7.81. The summed E-state index contributed by atoms with van der Waals surface area (Å²) in [5.41, 5.74) is 0.289. The zero-order valence-electron chi connectivity index (χ0n) is 12.9. The van der Waals surface area contributed by atoms with E-state index < -0.39 is 0 Å². The molecule has 1 saturated carbocycles. The van der Waals surface area contributed by atoms with E-state index in [1.807, 2.05) is 0 Å². The third-order valence-corrected chi connectivity index (χ3v) is 6.42. The molecule has 0 aromatic heterocycles. The van der Waals surface area contributed by atoms with Crippen molar-refractivity contribution < 1.29 is 4.74 Å². The second kappa shape index (κ2) is 7.33. The van der Waals surface area contributed by atoms with Crippen LogP contribution in [0.2, 0.25) is 0 Å². The molecule has 1 spiro atoms. The Morgan fingerprint density at radius 3 is 2.74 bits per heavy atom. The molecule has 2 aliphatic rings. The van der Waals surface area contributed by atoms with E-state index in [2.05, 4.69) is 37.8 Å². The van der Waals surface area contributed by atoms with Crippen LogP contribution >= 0.6 is 11.8 Å². The first-order chi connectivity index (χ1) is 9.19. The highest BCUT2D eigenvalue weighted by Gasteiger charge is 2.44. The zero-order chi connectivity index (χ0) is 13.7. The van der Waals surface area contributed by atoms with Crippen LogP contribution in [-0.4, -0.2) is 35.8 Å². The monoisotopic (exact) mass is 285 g/mol. The molecule has 1 saturated heterocycles. The van der Waals surface area contributed by atoms with Gasteiger partial charge < -0.3 is 10.1 Å². The van der Waals surface area contributed by atoms with E-state index in [4.69, 9.17) is 4.74 Å². The topological polar surface area (TPSA) is 21.3 Å². The molecule has 2 fully saturated rings. The predicted octanol–water partition coefficient (Wildman–Crippen LogP) is 3.85. The highest BCUT2D eigenvalue weighted by atomic mass is 32.2. The fourth-order valence-corrected chi connectivity index (χ4v) is 4.50. The summed E-state index contributed by atoms with van der Waals surface area (Å²) < 4.78 is 6.07. The normalized spacial score (nSPS) is 28.9. The molecule has 1 aliphatic carbocycles. The minimum Gasteiger partial charge on any atom is -0.375 e. The van der Waals surface area contributed by atoms with E-state index >= 15 is 0 Å². The van der Waals surface area contributed by atoms with Gasteiger partial charge in [0.2, 0.25) is 0 Å². The molecule has 2 nitrogen and oxygen atoms in total. The molecule has 19 heavy (non-hydrogen) atoms. The molecule has 3 heteroatoms. The first-order valence-electron chi connectivity index (χ1n) is 8.18. The molecular formula is C16H31NOS. The van der Waals surface area contributed by atoms with E-state index in [0.717, 1.165) is 24.3 Å². The van der Waals surface area contributed by atoms with Crippen LogP contribution in [0.5, 0.6) is 0 Å². The Labute approximate surface area is 123 Å². The number of thioether (sulfide) groups is 1. The Kier molecular flexibility index (Phi) is 6.04. The molecule has 1 heterocycles. The van der Waals surface area contributed by atoms with Gasteiger partial charge >= 0.3 is 0 Å². The van der Waals surface area contributed by atoms with Crippen molar-refractivity contribution >= 4 is 11.8 Å². The number of nitrogens with one attached hydrogen (secondary N) is 1. The highest BCUT2D eigenvalue weighted by molar-refractivity contribution is 7.99. The maximum absolute atomic E-state index is 6.07. The number of ether oxygens (including phenoxy) is 1. The van der Waals surface area contributed by atoms with Gasteiger partial charge in [-0.1, -0.05) is 20.8 Å². The summed E-state index contributed by atoms with van der Waals surface area (Å²) in [7, 11) is 0. The molecule has 112 valence electrons. The van der Waals surface area contributed by atoms with Crippen LogP contribution in [0.1, 0.15) is 59.3 Å². The van der Waals surface area contributed by atoms with Gasteiger partial charge in [-0.2, -0.15) is 11.8 Å². The molecule has 2 rings (SSSR count). The predicted molar refractivity (Wildman–Crippen MR) is 84.9 cm³/mol. The molecule has 0 radical (unpaired) electrons. The smallest absolute Gasteiger partial charge is 0.0685 e. The van der Waals surface area contributed by atoms with Gasteiger partial charge in [-0.3, -0.25) is 0 Å². The van der Waals surface area contributed by atoms with Crippen molar-refractivity contribution in [3.63, 3.8) is 0 Å². The van der Waals surface area contributed by atoms with Crippen molar-refractivity contribution in [3.05, 3.63) is 0 Å². The van der Waals surface area contributed by atoms with Crippen molar-refractivity contribution in [2.75, 3.05) is 18.9 Å². The summed E-state index contributed by atoms with van der Waals surface area (Å²) >= 11 is 2.14. The van der Waals surface area contributed by atoms with E-state index in [1.165, 1.54) is 44.3 Å². The lowest BCUT2D eigenvalue weighted by Crippen LogP contribution is -2.51. The van der Waals surface area contributed by atoms with Crippen LogP contribution in [0.4, 0.5) is 0 Å². The van der Waals surface area contributed by atoms with Crippen molar-refractivity contribution in [1.29, 1.82) is 0 Å². The first kappa shape index (κ1) is 15.7. The van der Waals surface area contributed by atoms with Crippen molar-refractivity contribution in [2.45, 2.75) is 76.2 Å². The van der Waals surface area contributed by atoms with Crippen molar-refractivity contribution in [3.8, 4) is 0 Å². The molecule has 1 aliphatic heterocycles. The molecule has 0 aromatic carbocycles. The van der Waals surface area contributed by atoms with E-state index in [1.54, 1.807) is 0 Å². The number of rotatable bonds is 7. The second-order valence-electron chi connectivity index (χ2n) is 6.35. The summed E-state index contributed by atoms with van der Waals surface area (Å²) in [4.78, 5) is 0. The minimum atomic E-state index is 0.289. The highest BCUT2D eigenvalue weighted by Crippen LogP contribution is 2.45. The van der Waals surface area contributed by atoms with Crippen LogP contribution in [0.25, 0.3) is 0 Å². The molecule has 0 aromatic rings. The van der Waals surface area contributed by atoms with Gasteiger partial charge in [0.15, 0.2) is 0 Å². The zero-order valence-corrected chi connectivity index (χ0v) is 13.7. The number of hydrogen-bond acceptors (Lipinski definition) is 3. The maximum atomic E-state index is 6.07. The van der Waals surface area contributed by atoms with Gasteiger partial charge in [0, 0.05) is 23.7 Å². The summed E-state index contributed by atoms with van der Waals surface area (Å²) in [6.45, 7) is 8.96. The van der Waals surface area contributed by atoms with Gasteiger partial charge in [-0.05, 0) is 51.0 Å². The maximum Gasteiger partial charge on any atom is 0.0685 e. The van der Waals surface area contributed by atoms with Crippen LogP contribution in [-0.2, 0) is 4.74 Å². The fourth-order valence-electron chi connectivity index (χ4n) is 3.34. The van der Waals surface area contributed by atoms with Crippen LogP contribution < -0.4 is 5.32 Å². The lowest BCUT2D eigenvalue weighted by atomic mass is 9.70. The second-order valence-corrected chi connectivity index (χ2v) is 7.83. The Morgan fingerprint density at radius 2 is 2.16 bits per heavy atom. The third kappa shape index (κ3) is 4.12. The fraction of sp³-hybridized carbons (Fsp3) is 1.00. The van der Waals surface area contributed by atoms with E-state index in [0.29, 0.717) is 6.04 Å². The van der Waals surface area contributed by atoms with Crippen LogP contribution in [0.15, 0.2) is 0 Å². The molecule has 3 atom stereocenters. The summed E-state index contributed by atoms with van der Waals surface area (Å²) in [5.74, 6) is 2.09. The first-order valence-corrected chi connectivity index (χ1v) is 9.23. The van der Waals surface area contributed by atoms with Crippen molar-refractivity contribution in [2.24, 2.45) is 5.92 Å². The minimum absolute atomic E-state index is 0.289. The molecule has 3 unspecified atom stereocenters. The van der Waals surface area contributed by atoms with Gasteiger partial charge in [0.25, 0.3) is 0 Å². The Bertz CT molecular complexity index is 267. The van der Waals surface area contributed by atoms with E-state index in [-0.39, 0.29) is 5.60 Å². The van der Waals surface area contributed by atoms with E-state index in [9.17, 15) is 0 Å². The quantitative estimate of drug-likeness (QED) is 0.768. The third-order valence-electron chi connectivity index (χ3n) is 4.97. The Morgan fingerprint density at radius 1 is 1.37 bits per heavy atom. The van der Waals surface area contributed by atoms with Crippen molar-refractivity contribution in [1.82, 2.24) is 5.32 Å². The summed E-state index contributed by atoms with van der Waals surface area (Å²) in [6, 6.07) is 0.686. The largest absolute Gasteiger partial charge is 0.375 e. The average molecular weight is 285 g/mol. The van der Waals surface area contributed by atoms with Gasteiger partial charge in [0.05, 0.1) is 5.60 Å². The number of hydrogen-bond donors (Lipinski definition) is 1. The molecule has 1 N–H and O–H groups in total. The lowest BCUT2D eigenvalue weighted by molar-refractivity contribution is -0.146. The van der Waals surface area contributed by atoms with Gasteiger partial charge in [-0.15, -0.1) is 0 Å². The molecule has 0 bridgehead atoms. The molecular weight excluding hydrogens is 254 g/mol. The van der Waals surface area contributed by atoms with Gasteiger partial charge in [-0.25, -0.2) is 0 Å². The Balaban J connectivity index is 1.86. The average Bonchev–Trinajstić information content (AvgIpc) is 2.41. The van der Waals surface area contributed by atoms with Crippen LogP contribution in [0.3, 0.4) is 0 Å². The Hall–Kier alpha value is 0.270. The summed E-state index contributed by atoms with van der Waals surface area (Å²) in [5, 5.41) is 4.53. The van der Waals surface area contributed by atoms with Crippen LogP contribution in [0, 0.1) is 5.92 Å². The molecule has 0 amide bonds. The standard InChI is InChI=1S/C16H31NOS/c1-4-13(3)19-12-15(17-5-2)14-7-10-18-16(11-14)8-6-9-16/h13-15,17H,4-12H2,1-3H3. The SMILES string of the molecule is CCNC(CSC(C)CC)C1CCOC2(CCC2)C1. The van der Waals surface area contributed by atoms with Gasteiger partial charge in [0.1, 0.15) is 0 Å². The lowest BCUT2D eigenvalue weighted by Gasteiger charge is -2.49.